The minimum atomic E-state index is -0.584. The first kappa shape index (κ1) is 20.5. The van der Waals surface area contributed by atoms with Gasteiger partial charge in [-0.2, -0.15) is 4.98 Å². The Morgan fingerprint density at radius 2 is 1.81 bits per heavy atom. The maximum atomic E-state index is 12.2. The van der Waals surface area contributed by atoms with E-state index in [2.05, 4.69) is 15.3 Å². The van der Waals surface area contributed by atoms with Crippen molar-refractivity contribution in [2.75, 3.05) is 5.32 Å². The van der Waals surface area contributed by atoms with Gasteiger partial charge in [0.05, 0.1) is 16.4 Å². The van der Waals surface area contributed by atoms with Crippen molar-refractivity contribution in [3.63, 3.8) is 0 Å². The number of anilines is 1. The van der Waals surface area contributed by atoms with Gasteiger partial charge in [-0.05, 0) is 63.6 Å². The predicted molar refractivity (Wildman–Crippen MR) is 121 cm³/mol. The lowest BCUT2D eigenvalue weighted by Crippen LogP contribution is -2.27. The molecule has 2 aromatic carbocycles. The van der Waals surface area contributed by atoms with Gasteiger partial charge in [0.1, 0.15) is 17.2 Å². The Kier molecular flexibility index (Phi) is 5.19. The number of aromatic nitrogens is 3. The van der Waals surface area contributed by atoms with E-state index in [0.717, 1.165) is 22.0 Å². The lowest BCUT2D eigenvalue weighted by molar-refractivity contribution is 0.0635. The average molecular weight is 416 g/mol. The maximum absolute atomic E-state index is 12.2. The van der Waals surface area contributed by atoms with Crippen molar-refractivity contribution in [2.24, 2.45) is 0 Å². The minimum Gasteiger partial charge on any atom is -0.444 e. The number of nitrogens with zero attached hydrogens (tertiary/aromatic N) is 3. The van der Waals surface area contributed by atoms with Crippen molar-refractivity contribution in [3.8, 4) is 0 Å². The summed E-state index contributed by atoms with van der Waals surface area (Å²) in [7, 11) is 0. The molecule has 7 heteroatoms. The smallest absolute Gasteiger partial charge is 0.413 e. The molecule has 0 fully saturated rings. The normalized spacial score (nSPS) is 11.6. The highest BCUT2D eigenvalue weighted by Crippen LogP contribution is 2.20. The third-order valence-electron chi connectivity index (χ3n) is 4.81. The molecular weight excluding hydrogens is 392 g/mol. The zero-order chi connectivity index (χ0) is 22.2. The van der Waals surface area contributed by atoms with Gasteiger partial charge in [0.25, 0.3) is 5.56 Å². The molecule has 2 heterocycles. The van der Waals surface area contributed by atoms with Gasteiger partial charge < -0.3 is 9.30 Å². The Labute approximate surface area is 179 Å². The molecule has 4 rings (SSSR count). The van der Waals surface area contributed by atoms with Gasteiger partial charge >= 0.3 is 6.09 Å². The highest BCUT2D eigenvalue weighted by molar-refractivity contribution is 5.87. The lowest BCUT2D eigenvalue weighted by Gasteiger charge is -2.19. The van der Waals surface area contributed by atoms with Crippen LogP contribution in [0, 0.1) is 6.92 Å². The van der Waals surface area contributed by atoms with Gasteiger partial charge in [-0.1, -0.05) is 24.3 Å². The van der Waals surface area contributed by atoms with Gasteiger partial charge in [0.15, 0.2) is 0 Å². The lowest BCUT2D eigenvalue weighted by atomic mass is 10.1. The topological polar surface area (TPSA) is 86.1 Å². The van der Waals surface area contributed by atoms with Crippen LogP contribution in [0.15, 0.2) is 59.4 Å². The van der Waals surface area contributed by atoms with Crippen LogP contribution in [-0.2, 0) is 11.3 Å². The van der Waals surface area contributed by atoms with Crippen LogP contribution < -0.4 is 10.9 Å². The summed E-state index contributed by atoms with van der Waals surface area (Å²) in [6.45, 7) is 7.80. The molecule has 1 amide bonds. The molecule has 0 unspecified atom stereocenters. The largest absolute Gasteiger partial charge is 0.444 e. The third kappa shape index (κ3) is 4.55. The number of para-hydroxylation sites is 1. The number of hydrogen-bond acceptors (Lipinski definition) is 5. The summed E-state index contributed by atoms with van der Waals surface area (Å²) in [5.74, 6) is 1.07. The van der Waals surface area contributed by atoms with E-state index in [0.29, 0.717) is 23.6 Å². The highest BCUT2D eigenvalue weighted by Gasteiger charge is 2.16. The molecule has 0 aliphatic heterocycles. The number of pyridine rings is 1. The summed E-state index contributed by atoms with van der Waals surface area (Å²) in [6.07, 6.45) is -0.545. The molecule has 0 spiro atoms. The molecule has 0 bridgehead atoms. The molecule has 0 atom stereocenters. The third-order valence-corrected chi connectivity index (χ3v) is 4.81. The number of carbonyl (C=O) groups is 1. The first-order valence-electron chi connectivity index (χ1n) is 10.1. The van der Waals surface area contributed by atoms with E-state index in [1.165, 1.54) is 0 Å². The molecule has 0 saturated heterocycles. The van der Waals surface area contributed by atoms with Crippen LogP contribution in [0.25, 0.3) is 21.8 Å². The summed E-state index contributed by atoms with van der Waals surface area (Å²) < 4.78 is 7.31. The number of carbonyl (C=O) groups excluding carboxylic acids is 1. The van der Waals surface area contributed by atoms with E-state index in [4.69, 9.17) is 4.74 Å². The Morgan fingerprint density at radius 1 is 1.06 bits per heavy atom. The van der Waals surface area contributed by atoms with Crippen LogP contribution >= 0.6 is 0 Å². The van der Waals surface area contributed by atoms with E-state index >= 15 is 0 Å². The molecule has 0 radical (unpaired) electrons. The number of aryl methyl sites for hydroxylation is 1. The number of benzene rings is 2. The number of fused-ring (bicyclic) bond motifs is 2. The molecular formula is C24H24N4O3. The van der Waals surface area contributed by atoms with Gasteiger partial charge in [-0.25, -0.2) is 9.78 Å². The standard InChI is InChI=1S/C24H24N4O3/c1-15-25-22(29)18-7-5-6-8-20(18)28(15)14-16-9-10-17-11-12-21(26-19(17)13-16)27-23(30)31-24(2,3)4/h5-13H,14H2,1-4H3,(H,26,27,30). The molecule has 4 aromatic rings. The van der Waals surface area contributed by atoms with E-state index in [9.17, 15) is 9.59 Å². The van der Waals surface area contributed by atoms with Crippen LogP contribution in [0.4, 0.5) is 10.6 Å². The van der Waals surface area contributed by atoms with Gasteiger partial charge in [0, 0.05) is 11.9 Å². The number of rotatable bonds is 3. The summed E-state index contributed by atoms with van der Waals surface area (Å²) in [5, 5.41) is 4.23. The molecule has 0 aliphatic rings. The van der Waals surface area contributed by atoms with E-state index in [1.807, 2.05) is 74.7 Å². The number of amides is 1. The van der Waals surface area contributed by atoms with Crippen molar-refractivity contribution in [3.05, 3.63) is 76.3 Å². The second kappa shape index (κ2) is 7.83. The van der Waals surface area contributed by atoms with Crippen LogP contribution in [0.3, 0.4) is 0 Å². The fourth-order valence-corrected chi connectivity index (χ4v) is 3.45. The summed E-state index contributed by atoms with van der Waals surface area (Å²) in [5.41, 5.74) is 1.80. The summed E-state index contributed by atoms with van der Waals surface area (Å²) >= 11 is 0. The second-order valence-electron chi connectivity index (χ2n) is 8.42. The molecule has 158 valence electrons. The SMILES string of the molecule is Cc1nc(=O)c2ccccc2n1Cc1ccc2ccc(NC(=O)OC(C)(C)C)nc2c1. The quantitative estimate of drug-likeness (QED) is 0.525. The highest BCUT2D eigenvalue weighted by atomic mass is 16.6. The van der Waals surface area contributed by atoms with Gasteiger partial charge in [-0.3, -0.25) is 10.1 Å². The van der Waals surface area contributed by atoms with Crippen LogP contribution in [0.1, 0.15) is 32.2 Å². The van der Waals surface area contributed by atoms with Crippen molar-refractivity contribution < 1.29 is 9.53 Å². The van der Waals surface area contributed by atoms with E-state index < -0.39 is 11.7 Å². The molecule has 31 heavy (non-hydrogen) atoms. The Balaban J connectivity index is 1.66. The first-order valence-corrected chi connectivity index (χ1v) is 10.1. The van der Waals surface area contributed by atoms with Gasteiger partial charge in [-0.15, -0.1) is 0 Å². The van der Waals surface area contributed by atoms with Crippen LogP contribution in [-0.4, -0.2) is 26.2 Å². The Hall–Kier alpha value is -3.74. The monoisotopic (exact) mass is 416 g/mol. The van der Waals surface area contributed by atoms with Crippen LogP contribution in [0.5, 0.6) is 0 Å². The molecule has 7 nitrogen and oxygen atoms in total. The zero-order valence-corrected chi connectivity index (χ0v) is 18.0. The average Bonchev–Trinajstić information content (AvgIpc) is 2.69. The van der Waals surface area contributed by atoms with Crippen molar-refractivity contribution in [2.45, 2.75) is 39.8 Å². The second-order valence-corrected chi connectivity index (χ2v) is 8.42. The summed E-state index contributed by atoms with van der Waals surface area (Å²) in [4.78, 5) is 33.0. The number of hydrogen-bond donors (Lipinski definition) is 1. The number of ether oxygens (including phenoxy) is 1. The fourth-order valence-electron chi connectivity index (χ4n) is 3.45. The van der Waals surface area contributed by atoms with E-state index in [1.54, 1.807) is 12.1 Å². The van der Waals surface area contributed by atoms with Gasteiger partial charge in [0.2, 0.25) is 0 Å². The Bertz CT molecular complexity index is 1350. The molecule has 2 aromatic heterocycles. The first-order chi connectivity index (χ1) is 14.7. The Morgan fingerprint density at radius 3 is 2.58 bits per heavy atom. The van der Waals surface area contributed by atoms with Crippen LogP contribution in [0.2, 0.25) is 0 Å². The van der Waals surface area contributed by atoms with E-state index in [-0.39, 0.29) is 5.56 Å². The molecule has 1 N–H and O–H groups in total. The minimum absolute atomic E-state index is 0.220. The van der Waals surface area contributed by atoms with Crippen molar-refractivity contribution in [1.82, 2.24) is 14.5 Å². The summed E-state index contributed by atoms with van der Waals surface area (Å²) in [6, 6.07) is 17.1. The molecule has 0 saturated carbocycles. The number of nitrogens with one attached hydrogen (secondary N) is 1. The zero-order valence-electron chi connectivity index (χ0n) is 18.0. The fraction of sp³-hybridized carbons (Fsp3) is 0.250. The maximum Gasteiger partial charge on any atom is 0.413 e. The predicted octanol–water partition coefficient (Wildman–Crippen LogP) is 4.65. The van der Waals surface area contributed by atoms with Crippen molar-refractivity contribution >= 4 is 33.7 Å². The molecule has 0 aliphatic carbocycles. The van der Waals surface area contributed by atoms with Crippen molar-refractivity contribution in [1.29, 1.82) is 0 Å².